The summed E-state index contributed by atoms with van der Waals surface area (Å²) >= 11 is 0. The van der Waals surface area contributed by atoms with Gasteiger partial charge in [0.25, 0.3) is 0 Å². The molecule has 2 nitrogen and oxygen atoms in total. The molecule has 1 saturated heterocycles. The van der Waals surface area contributed by atoms with Gasteiger partial charge in [-0.05, 0) is 41.5 Å². The topological polar surface area (TPSA) is 26.3 Å². The maximum absolute atomic E-state index is 12.4. The van der Waals surface area contributed by atoms with Crippen molar-refractivity contribution >= 4 is 16.7 Å². The second-order valence-corrected chi connectivity index (χ2v) is 6.85. The van der Waals surface area contributed by atoms with E-state index in [4.69, 9.17) is 4.74 Å². The van der Waals surface area contributed by atoms with Crippen molar-refractivity contribution < 1.29 is 9.53 Å². The molecule has 1 aliphatic heterocycles. The lowest BCUT2D eigenvalue weighted by Gasteiger charge is -2.24. The van der Waals surface area contributed by atoms with Crippen LogP contribution in [-0.4, -0.2) is 12.6 Å². The Morgan fingerprint density at radius 2 is 2.00 bits per heavy atom. The number of hydrogen-bond donors (Lipinski definition) is 0. The van der Waals surface area contributed by atoms with E-state index in [-0.39, 0.29) is 11.4 Å². The number of carbonyl (C=O) groups excluding carboxylic acids is 1. The third-order valence-corrected chi connectivity index (χ3v) is 5.34. The van der Waals surface area contributed by atoms with Crippen LogP contribution in [0.4, 0.5) is 0 Å². The van der Waals surface area contributed by atoms with Crippen molar-refractivity contribution in [1.82, 2.24) is 0 Å². The molecule has 0 radical (unpaired) electrons. The number of hydrogen-bond acceptors (Lipinski definition) is 2. The third kappa shape index (κ3) is 1.97. The van der Waals surface area contributed by atoms with Crippen LogP contribution in [0.25, 0.3) is 10.8 Å². The fourth-order valence-corrected chi connectivity index (χ4v) is 4.38. The summed E-state index contributed by atoms with van der Waals surface area (Å²) in [6.07, 6.45) is 2.92. The fraction of sp³-hybridized carbons (Fsp3) is 0.421. The smallest absolute Gasteiger partial charge is 0.312 e. The van der Waals surface area contributed by atoms with Crippen LogP contribution in [0.5, 0.6) is 0 Å². The van der Waals surface area contributed by atoms with Crippen molar-refractivity contribution in [2.45, 2.75) is 26.2 Å². The van der Waals surface area contributed by atoms with Crippen LogP contribution in [0.15, 0.2) is 42.5 Å². The zero-order valence-electron chi connectivity index (χ0n) is 12.3. The van der Waals surface area contributed by atoms with Crippen LogP contribution >= 0.6 is 0 Å². The number of carbonyl (C=O) groups is 1. The van der Waals surface area contributed by atoms with Gasteiger partial charge >= 0.3 is 5.97 Å². The Morgan fingerprint density at radius 3 is 2.86 bits per heavy atom. The van der Waals surface area contributed by atoms with Crippen LogP contribution in [0.2, 0.25) is 0 Å². The monoisotopic (exact) mass is 280 g/mol. The molecule has 1 heterocycles. The normalized spacial score (nSPS) is 31.4. The molecule has 0 amide bonds. The molecule has 0 bridgehead atoms. The Balaban J connectivity index is 1.71. The molecule has 1 saturated carbocycles. The van der Waals surface area contributed by atoms with E-state index in [2.05, 4.69) is 49.4 Å². The SMILES string of the molecule is C[C@@H]1C[C@@H]2COC(=O)[C@]2(Cc2ccc3ccccc3c2)C1. The van der Waals surface area contributed by atoms with Gasteiger partial charge in [0, 0.05) is 5.92 Å². The standard InChI is InChI=1S/C19H20O2/c1-13-8-17-12-21-18(20)19(17,10-13)11-14-6-7-15-4-2-3-5-16(15)9-14/h2-7,9,13,17H,8,10-12H2,1H3/t13-,17-,19+/m1/s1. The second-order valence-electron chi connectivity index (χ2n) is 6.85. The van der Waals surface area contributed by atoms with Crippen molar-refractivity contribution in [2.75, 3.05) is 6.61 Å². The molecule has 108 valence electrons. The fourth-order valence-electron chi connectivity index (χ4n) is 4.38. The molecule has 0 aromatic heterocycles. The summed E-state index contributed by atoms with van der Waals surface area (Å²) < 4.78 is 5.39. The summed E-state index contributed by atoms with van der Waals surface area (Å²) in [7, 11) is 0. The number of benzene rings is 2. The van der Waals surface area contributed by atoms with Gasteiger partial charge in [-0.2, -0.15) is 0 Å². The predicted octanol–water partition coefficient (Wildman–Crippen LogP) is 3.97. The van der Waals surface area contributed by atoms with Gasteiger partial charge in [0.15, 0.2) is 0 Å². The Labute approximate surface area is 125 Å². The van der Waals surface area contributed by atoms with Crippen molar-refractivity contribution in [3.05, 3.63) is 48.0 Å². The average molecular weight is 280 g/mol. The minimum atomic E-state index is -0.262. The predicted molar refractivity (Wildman–Crippen MR) is 82.9 cm³/mol. The number of rotatable bonds is 2. The quantitative estimate of drug-likeness (QED) is 0.778. The van der Waals surface area contributed by atoms with Crippen molar-refractivity contribution in [1.29, 1.82) is 0 Å². The van der Waals surface area contributed by atoms with Crippen LogP contribution < -0.4 is 0 Å². The first-order valence-corrected chi connectivity index (χ1v) is 7.82. The largest absolute Gasteiger partial charge is 0.465 e. The first-order valence-electron chi connectivity index (χ1n) is 7.82. The van der Waals surface area contributed by atoms with E-state index in [0.717, 1.165) is 19.3 Å². The van der Waals surface area contributed by atoms with Gasteiger partial charge in [0.05, 0.1) is 12.0 Å². The van der Waals surface area contributed by atoms with Crippen molar-refractivity contribution in [3.8, 4) is 0 Å². The van der Waals surface area contributed by atoms with E-state index in [1.807, 2.05) is 0 Å². The number of cyclic esters (lactones) is 1. The van der Waals surface area contributed by atoms with Crippen LogP contribution in [0.3, 0.4) is 0 Å². The van der Waals surface area contributed by atoms with Crippen LogP contribution in [0.1, 0.15) is 25.3 Å². The van der Waals surface area contributed by atoms with Crippen LogP contribution in [-0.2, 0) is 16.0 Å². The van der Waals surface area contributed by atoms with E-state index in [0.29, 0.717) is 18.4 Å². The minimum Gasteiger partial charge on any atom is -0.465 e. The summed E-state index contributed by atoms with van der Waals surface area (Å²) in [5.41, 5.74) is 0.994. The Hall–Kier alpha value is -1.83. The Kier molecular flexibility index (Phi) is 2.81. The molecule has 1 aliphatic carbocycles. The molecule has 2 aromatic rings. The molecule has 2 heteroatoms. The van der Waals surface area contributed by atoms with Gasteiger partial charge in [0.2, 0.25) is 0 Å². The van der Waals surface area contributed by atoms with Gasteiger partial charge in [-0.3, -0.25) is 4.79 Å². The highest BCUT2D eigenvalue weighted by Gasteiger charge is 2.56. The molecule has 2 fully saturated rings. The zero-order chi connectivity index (χ0) is 14.4. The molecule has 3 atom stereocenters. The highest BCUT2D eigenvalue weighted by Crippen LogP contribution is 2.53. The van der Waals surface area contributed by atoms with Crippen molar-refractivity contribution in [3.63, 3.8) is 0 Å². The number of ether oxygens (including phenoxy) is 1. The maximum atomic E-state index is 12.4. The molecular weight excluding hydrogens is 260 g/mol. The van der Waals surface area contributed by atoms with E-state index in [1.165, 1.54) is 16.3 Å². The lowest BCUT2D eigenvalue weighted by molar-refractivity contribution is -0.146. The summed E-state index contributed by atoms with van der Waals surface area (Å²) in [4.78, 5) is 12.4. The average Bonchev–Trinajstić information content (AvgIpc) is 2.94. The van der Waals surface area contributed by atoms with Crippen molar-refractivity contribution in [2.24, 2.45) is 17.3 Å². The Morgan fingerprint density at radius 1 is 1.19 bits per heavy atom. The molecule has 4 rings (SSSR count). The van der Waals surface area contributed by atoms with Gasteiger partial charge < -0.3 is 4.74 Å². The highest BCUT2D eigenvalue weighted by atomic mass is 16.5. The third-order valence-electron chi connectivity index (χ3n) is 5.34. The van der Waals surface area contributed by atoms with Gasteiger partial charge in [-0.1, -0.05) is 49.4 Å². The van der Waals surface area contributed by atoms with E-state index in [9.17, 15) is 4.79 Å². The number of esters is 1. The molecule has 0 unspecified atom stereocenters. The summed E-state index contributed by atoms with van der Waals surface area (Å²) in [6.45, 7) is 2.88. The second kappa shape index (κ2) is 4.59. The van der Waals surface area contributed by atoms with Gasteiger partial charge in [0.1, 0.15) is 0 Å². The summed E-state index contributed by atoms with van der Waals surface area (Å²) in [5, 5.41) is 2.50. The first-order chi connectivity index (χ1) is 10.2. The maximum Gasteiger partial charge on any atom is 0.312 e. The lowest BCUT2D eigenvalue weighted by atomic mass is 9.75. The Bertz CT molecular complexity index is 706. The molecule has 0 spiro atoms. The van der Waals surface area contributed by atoms with E-state index in [1.54, 1.807) is 0 Å². The van der Waals surface area contributed by atoms with E-state index < -0.39 is 0 Å². The van der Waals surface area contributed by atoms with E-state index >= 15 is 0 Å². The number of fused-ring (bicyclic) bond motifs is 2. The minimum absolute atomic E-state index is 0.0324. The molecule has 2 aromatic carbocycles. The van der Waals surface area contributed by atoms with Gasteiger partial charge in [-0.15, -0.1) is 0 Å². The first kappa shape index (κ1) is 12.9. The summed E-state index contributed by atoms with van der Waals surface area (Å²) in [5.74, 6) is 1.07. The molecule has 0 N–H and O–H groups in total. The summed E-state index contributed by atoms with van der Waals surface area (Å²) in [6, 6.07) is 15.0. The van der Waals surface area contributed by atoms with Gasteiger partial charge in [-0.25, -0.2) is 0 Å². The lowest BCUT2D eigenvalue weighted by Crippen LogP contribution is -2.31. The molecule has 21 heavy (non-hydrogen) atoms. The van der Waals surface area contributed by atoms with Crippen LogP contribution in [0, 0.1) is 17.3 Å². The molecular formula is C19H20O2. The highest BCUT2D eigenvalue weighted by molar-refractivity contribution is 5.84. The zero-order valence-corrected chi connectivity index (χ0v) is 12.3. The molecule has 2 aliphatic rings.